The van der Waals surface area contributed by atoms with Crippen molar-refractivity contribution in [2.24, 2.45) is 5.41 Å². The van der Waals surface area contributed by atoms with Gasteiger partial charge in [-0.2, -0.15) is 0 Å². The van der Waals surface area contributed by atoms with Crippen molar-refractivity contribution in [3.8, 4) is 0 Å². The minimum atomic E-state index is -0.881. The van der Waals surface area contributed by atoms with E-state index in [-0.39, 0.29) is 30.9 Å². The molecule has 0 aromatic rings. The maximum atomic E-state index is 11.8. The molecule has 1 aliphatic rings. The Balaban J connectivity index is 2.35. The van der Waals surface area contributed by atoms with Crippen molar-refractivity contribution >= 4 is 11.9 Å². The molecular formula is C13H23NO4. The average molecular weight is 257 g/mol. The Labute approximate surface area is 108 Å². The average Bonchev–Trinajstić information content (AvgIpc) is 2.18. The lowest BCUT2D eigenvalue weighted by Crippen LogP contribution is -2.40. The van der Waals surface area contributed by atoms with Crippen LogP contribution >= 0.6 is 0 Å². The molecule has 1 amide bonds. The maximum Gasteiger partial charge on any atom is 0.303 e. The number of rotatable bonds is 5. The van der Waals surface area contributed by atoms with Crippen LogP contribution in [0.1, 0.15) is 52.4 Å². The number of carbonyl (C=O) groups is 2. The summed E-state index contributed by atoms with van der Waals surface area (Å²) in [5, 5.41) is 21.0. The van der Waals surface area contributed by atoms with Gasteiger partial charge in [-0.25, -0.2) is 0 Å². The highest BCUT2D eigenvalue weighted by Gasteiger charge is 2.27. The first-order chi connectivity index (χ1) is 8.28. The Bertz CT molecular complexity index is 306. The summed E-state index contributed by atoms with van der Waals surface area (Å²) in [6.45, 7) is 3.57. The second-order valence-corrected chi connectivity index (χ2v) is 5.98. The number of carbonyl (C=O) groups excluding carboxylic acids is 1. The summed E-state index contributed by atoms with van der Waals surface area (Å²) in [6.07, 6.45) is 3.02. The molecule has 18 heavy (non-hydrogen) atoms. The van der Waals surface area contributed by atoms with Crippen molar-refractivity contribution in [1.82, 2.24) is 5.32 Å². The van der Waals surface area contributed by atoms with Gasteiger partial charge < -0.3 is 15.5 Å². The molecule has 0 heterocycles. The first-order valence-electron chi connectivity index (χ1n) is 6.48. The van der Waals surface area contributed by atoms with E-state index < -0.39 is 11.4 Å². The van der Waals surface area contributed by atoms with Crippen LogP contribution in [0.3, 0.4) is 0 Å². The number of aliphatic hydroxyl groups is 1. The second-order valence-electron chi connectivity index (χ2n) is 5.98. The summed E-state index contributed by atoms with van der Waals surface area (Å²) in [6, 6.07) is 0.126. The lowest BCUT2D eigenvalue weighted by atomic mass is 9.85. The van der Waals surface area contributed by atoms with E-state index in [2.05, 4.69) is 5.32 Å². The van der Waals surface area contributed by atoms with E-state index in [9.17, 15) is 14.7 Å². The molecule has 1 saturated carbocycles. The lowest BCUT2D eigenvalue weighted by Gasteiger charge is -2.28. The van der Waals surface area contributed by atoms with Gasteiger partial charge in [0.25, 0.3) is 0 Å². The molecule has 1 rings (SSSR count). The van der Waals surface area contributed by atoms with Crippen LogP contribution in [0, 0.1) is 5.41 Å². The van der Waals surface area contributed by atoms with E-state index >= 15 is 0 Å². The molecule has 0 spiro atoms. The van der Waals surface area contributed by atoms with E-state index in [0.717, 1.165) is 25.7 Å². The summed E-state index contributed by atoms with van der Waals surface area (Å²) in [4.78, 5) is 22.5. The maximum absolute atomic E-state index is 11.8. The molecule has 0 unspecified atom stereocenters. The minimum absolute atomic E-state index is 0.0101. The zero-order valence-corrected chi connectivity index (χ0v) is 11.1. The molecule has 0 radical (unpaired) electrons. The number of hydrogen-bond acceptors (Lipinski definition) is 3. The smallest absolute Gasteiger partial charge is 0.303 e. The van der Waals surface area contributed by atoms with Crippen LogP contribution in [-0.2, 0) is 9.59 Å². The second kappa shape index (κ2) is 6.18. The summed E-state index contributed by atoms with van der Waals surface area (Å²) >= 11 is 0. The topological polar surface area (TPSA) is 86.6 Å². The molecular weight excluding hydrogens is 234 g/mol. The fraction of sp³-hybridized carbons (Fsp3) is 0.846. The normalized spacial score (nSPS) is 24.6. The summed E-state index contributed by atoms with van der Waals surface area (Å²) in [7, 11) is 0. The fourth-order valence-electron chi connectivity index (χ4n) is 2.41. The highest BCUT2D eigenvalue weighted by molar-refractivity contribution is 5.78. The Hall–Kier alpha value is -1.10. The first-order valence-corrected chi connectivity index (χ1v) is 6.48. The van der Waals surface area contributed by atoms with Gasteiger partial charge in [0, 0.05) is 12.5 Å². The third-order valence-electron chi connectivity index (χ3n) is 3.33. The molecule has 0 bridgehead atoms. The van der Waals surface area contributed by atoms with Gasteiger partial charge in [-0.1, -0.05) is 13.8 Å². The molecule has 3 N–H and O–H groups in total. The Morgan fingerprint density at radius 3 is 2.22 bits per heavy atom. The number of aliphatic hydroxyl groups excluding tert-OH is 1. The molecule has 0 aromatic heterocycles. The lowest BCUT2D eigenvalue weighted by molar-refractivity contribution is -0.139. The van der Waals surface area contributed by atoms with Crippen molar-refractivity contribution in [3.05, 3.63) is 0 Å². The molecule has 1 fully saturated rings. The summed E-state index contributed by atoms with van der Waals surface area (Å²) < 4.78 is 0. The first kappa shape index (κ1) is 15.0. The van der Waals surface area contributed by atoms with Crippen LogP contribution in [0.2, 0.25) is 0 Å². The van der Waals surface area contributed by atoms with Gasteiger partial charge in [0.1, 0.15) is 0 Å². The molecule has 5 nitrogen and oxygen atoms in total. The third-order valence-corrected chi connectivity index (χ3v) is 3.33. The molecule has 1 aliphatic carbocycles. The van der Waals surface area contributed by atoms with E-state index in [0.29, 0.717) is 0 Å². The molecule has 0 aliphatic heterocycles. The monoisotopic (exact) mass is 257 g/mol. The predicted molar refractivity (Wildman–Crippen MR) is 67.1 cm³/mol. The Kier molecular flexibility index (Phi) is 5.14. The SMILES string of the molecule is CC(C)(CC(=O)O)CC(=O)NC1CCC(O)CC1. The van der Waals surface area contributed by atoms with Crippen molar-refractivity contribution in [1.29, 1.82) is 0 Å². The van der Waals surface area contributed by atoms with Gasteiger partial charge in [-0.05, 0) is 31.1 Å². The van der Waals surface area contributed by atoms with Crippen molar-refractivity contribution < 1.29 is 19.8 Å². The van der Waals surface area contributed by atoms with Crippen molar-refractivity contribution in [3.63, 3.8) is 0 Å². The van der Waals surface area contributed by atoms with E-state index in [1.165, 1.54) is 0 Å². The quantitative estimate of drug-likeness (QED) is 0.692. The zero-order valence-electron chi connectivity index (χ0n) is 11.1. The van der Waals surface area contributed by atoms with Gasteiger partial charge in [0.05, 0.1) is 12.5 Å². The number of carboxylic acid groups (broad SMARTS) is 1. The van der Waals surface area contributed by atoms with Crippen LogP contribution in [0.25, 0.3) is 0 Å². The van der Waals surface area contributed by atoms with Crippen LogP contribution in [0.4, 0.5) is 0 Å². The van der Waals surface area contributed by atoms with Crippen molar-refractivity contribution in [2.75, 3.05) is 0 Å². The van der Waals surface area contributed by atoms with Gasteiger partial charge in [0.15, 0.2) is 0 Å². The molecule has 104 valence electrons. The largest absolute Gasteiger partial charge is 0.481 e. The van der Waals surface area contributed by atoms with Crippen molar-refractivity contribution in [2.45, 2.75) is 64.5 Å². The number of hydrogen-bond donors (Lipinski definition) is 3. The zero-order chi connectivity index (χ0) is 13.8. The Morgan fingerprint density at radius 2 is 1.72 bits per heavy atom. The van der Waals surface area contributed by atoms with E-state index in [1.54, 1.807) is 13.8 Å². The molecule has 0 atom stereocenters. The number of nitrogens with one attached hydrogen (secondary N) is 1. The highest BCUT2D eigenvalue weighted by atomic mass is 16.4. The van der Waals surface area contributed by atoms with Gasteiger partial charge >= 0.3 is 5.97 Å². The summed E-state index contributed by atoms with van der Waals surface area (Å²) in [5.41, 5.74) is -0.524. The van der Waals surface area contributed by atoms with Gasteiger partial charge in [-0.3, -0.25) is 9.59 Å². The predicted octanol–water partition coefficient (Wildman–Crippen LogP) is 1.30. The van der Waals surface area contributed by atoms with Gasteiger partial charge in [0.2, 0.25) is 5.91 Å². The van der Waals surface area contributed by atoms with Crippen LogP contribution in [0.5, 0.6) is 0 Å². The highest BCUT2D eigenvalue weighted by Crippen LogP contribution is 2.25. The molecule has 0 saturated heterocycles. The Morgan fingerprint density at radius 1 is 1.17 bits per heavy atom. The van der Waals surface area contributed by atoms with Crippen LogP contribution in [-0.4, -0.2) is 34.2 Å². The van der Waals surface area contributed by atoms with Crippen LogP contribution < -0.4 is 5.32 Å². The minimum Gasteiger partial charge on any atom is -0.481 e. The fourth-order valence-corrected chi connectivity index (χ4v) is 2.41. The van der Waals surface area contributed by atoms with Gasteiger partial charge in [-0.15, -0.1) is 0 Å². The summed E-state index contributed by atoms with van der Waals surface area (Å²) in [5.74, 6) is -0.976. The number of aliphatic carboxylic acids is 1. The number of amides is 1. The molecule has 5 heteroatoms. The van der Waals surface area contributed by atoms with E-state index in [4.69, 9.17) is 5.11 Å². The molecule has 0 aromatic carbocycles. The van der Waals surface area contributed by atoms with Crippen LogP contribution in [0.15, 0.2) is 0 Å². The standard InChI is InChI=1S/C13H23NO4/c1-13(2,8-12(17)18)7-11(16)14-9-3-5-10(15)6-4-9/h9-10,15H,3-8H2,1-2H3,(H,14,16)(H,17,18). The third kappa shape index (κ3) is 5.49. The van der Waals surface area contributed by atoms with E-state index in [1.807, 2.05) is 0 Å². The number of carboxylic acids is 1.